The summed E-state index contributed by atoms with van der Waals surface area (Å²) >= 11 is 3.35. The highest BCUT2D eigenvalue weighted by atomic mass is 79.9. The summed E-state index contributed by atoms with van der Waals surface area (Å²) in [5, 5.41) is 0. The number of nitrogens with one attached hydrogen (secondary N) is 1. The van der Waals surface area contributed by atoms with Gasteiger partial charge >= 0.3 is 0 Å². The van der Waals surface area contributed by atoms with Gasteiger partial charge in [0.2, 0.25) is 6.79 Å². The smallest absolute Gasteiger partial charge is 0.262 e. The van der Waals surface area contributed by atoms with Gasteiger partial charge in [0.1, 0.15) is 0 Å². The molecule has 0 fully saturated rings. The molecule has 0 bridgehead atoms. The maximum Gasteiger partial charge on any atom is 0.262 e. The van der Waals surface area contributed by atoms with Gasteiger partial charge in [-0.25, -0.2) is 8.42 Å². The molecule has 0 radical (unpaired) electrons. The van der Waals surface area contributed by atoms with Gasteiger partial charge in [0.25, 0.3) is 10.0 Å². The number of anilines is 1. The van der Waals surface area contributed by atoms with Gasteiger partial charge in [-0.2, -0.15) is 0 Å². The number of rotatable bonds is 3. The van der Waals surface area contributed by atoms with Crippen molar-refractivity contribution in [2.45, 2.75) is 11.8 Å². The minimum atomic E-state index is -3.67. The largest absolute Gasteiger partial charge is 0.454 e. The lowest BCUT2D eigenvalue weighted by atomic mass is 10.2. The second-order valence-corrected chi connectivity index (χ2v) is 7.18. The van der Waals surface area contributed by atoms with Crippen LogP contribution in [0.25, 0.3) is 0 Å². The fraction of sp³-hybridized carbons (Fsp3) is 0.143. The first-order valence-electron chi connectivity index (χ1n) is 6.14. The summed E-state index contributed by atoms with van der Waals surface area (Å²) in [6.45, 7) is 1.94. The predicted octanol–water partition coefficient (Wildman–Crippen LogP) is 3.29. The minimum Gasteiger partial charge on any atom is -0.454 e. The maximum absolute atomic E-state index is 12.4. The quantitative estimate of drug-likeness (QED) is 0.901. The van der Waals surface area contributed by atoms with E-state index in [1.165, 1.54) is 12.1 Å². The zero-order valence-electron chi connectivity index (χ0n) is 11.1. The number of ether oxygens (including phenoxy) is 2. The molecule has 5 nitrogen and oxygen atoms in total. The van der Waals surface area contributed by atoms with Gasteiger partial charge in [-0.1, -0.05) is 15.9 Å². The summed E-state index contributed by atoms with van der Waals surface area (Å²) in [6.07, 6.45) is 0. The van der Waals surface area contributed by atoms with Crippen molar-refractivity contribution in [2.75, 3.05) is 11.5 Å². The van der Waals surface area contributed by atoms with Crippen LogP contribution in [0.1, 0.15) is 5.56 Å². The zero-order valence-corrected chi connectivity index (χ0v) is 13.5. The lowest BCUT2D eigenvalue weighted by Crippen LogP contribution is -2.13. The Morgan fingerprint density at radius 3 is 2.62 bits per heavy atom. The van der Waals surface area contributed by atoms with E-state index in [-0.39, 0.29) is 11.7 Å². The minimum absolute atomic E-state index is 0.109. The van der Waals surface area contributed by atoms with Gasteiger partial charge in [0.15, 0.2) is 11.5 Å². The van der Waals surface area contributed by atoms with Crippen molar-refractivity contribution in [1.29, 1.82) is 0 Å². The summed E-state index contributed by atoms with van der Waals surface area (Å²) < 4.78 is 38.7. The maximum atomic E-state index is 12.4. The third-order valence-electron chi connectivity index (χ3n) is 3.09. The average molecular weight is 370 g/mol. The molecule has 3 rings (SSSR count). The first kappa shape index (κ1) is 14.2. The van der Waals surface area contributed by atoms with Gasteiger partial charge in [-0.05, 0) is 42.8 Å². The third-order valence-corrected chi connectivity index (χ3v) is 4.94. The van der Waals surface area contributed by atoms with Crippen molar-refractivity contribution in [3.63, 3.8) is 0 Å². The predicted molar refractivity (Wildman–Crippen MR) is 82.3 cm³/mol. The highest BCUT2D eigenvalue weighted by Crippen LogP contribution is 2.34. The summed E-state index contributed by atoms with van der Waals surface area (Å²) in [4.78, 5) is 0.133. The fourth-order valence-corrected chi connectivity index (χ4v) is 3.61. The number of benzene rings is 2. The van der Waals surface area contributed by atoms with Crippen LogP contribution in [-0.4, -0.2) is 15.2 Å². The van der Waals surface area contributed by atoms with E-state index in [0.29, 0.717) is 17.2 Å². The molecule has 1 heterocycles. The Hall–Kier alpha value is -1.73. The molecule has 0 aromatic heterocycles. The lowest BCUT2D eigenvalue weighted by molar-refractivity contribution is 0.174. The molecule has 21 heavy (non-hydrogen) atoms. The Bertz CT molecular complexity index is 805. The molecule has 1 aliphatic heterocycles. The van der Waals surface area contributed by atoms with E-state index in [0.717, 1.165) is 10.0 Å². The molecule has 0 amide bonds. The van der Waals surface area contributed by atoms with Crippen LogP contribution >= 0.6 is 15.9 Å². The number of hydrogen-bond acceptors (Lipinski definition) is 4. The van der Waals surface area contributed by atoms with E-state index in [4.69, 9.17) is 9.47 Å². The molecule has 0 aliphatic carbocycles. The Morgan fingerprint density at radius 1 is 1.10 bits per heavy atom. The number of aryl methyl sites for hydroxylation is 1. The van der Waals surface area contributed by atoms with Crippen LogP contribution in [0.15, 0.2) is 45.8 Å². The summed E-state index contributed by atoms with van der Waals surface area (Å²) in [5.74, 6) is 0.985. The van der Waals surface area contributed by atoms with Crippen molar-refractivity contribution in [2.24, 2.45) is 0 Å². The van der Waals surface area contributed by atoms with Crippen molar-refractivity contribution in [3.05, 3.63) is 46.4 Å². The summed E-state index contributed by atoms with van der Waals surface area (Å²) in [7, 11) is -3.67. The monoisotopic (exact) mass is 369 g/mol. The second kappa shape index (κ2) is 5.23. The molecular formula is C14H12BrNO4S. The van der Waals surface area contributed by atoms with Crippen LogP contribution in [0.2, 0.25) is 0 Å². The SMILES string of the molecule is Cc1cc(Br)ccc1NS(=O)(=O)c1ccc2c(c1)OCO2. The van der Waals surface area contributed by atoms with Crippen LogP contribution in [0, 0.1) is 6.92 Å². The van der Waals surface area contributed by atoms with E-state index in [2.05, 4.69) is 20.7 Å². The molecule has 0 spiro atoms. The van der Waals surface area contributed by atoms with E-state index in [1.54, 1.807) is 18.2 Å². The standard InChI is InChI=1S/C14H12BrNO4S/c1-9-6-10(15)2-4-12(9)16-21(17,18)11-3-5-13-14(7-11)20-8-19-13/h2-7,16H,8H2,1H3. The topological polar surface area (TPSA) is 64.6 Å². The fourth-order valence-electron chi connectivity index (χ4n) is 1.99. The van der Waals surface area contributed by atoms with Crippen LogP contribution in [-0.2, 0) is 10.0 Å². The van der Waals surface area contributed by atoms with E-state index < -0.39 is 10.0 Å². The summed E-state index contributed by atoms with van der Waals surface area (Å²) in [5.41, 5.74) is 1.37. The third kappa shape index (κ3) is 2.84. The molecule has 1 N–H and O–H groups in total. The van der Waals surface area contributed by atoms with Crippen molar-refractivity contribution >= 4 is 31.6 Å². The van der Waals surface area contributed by atoms with Crippen LogP contribution in [0.3, 0.4) is 0 Å². The summed E-state index contributed by atoms with van der Waals surface area (Å²) in [6, 6.07) is 9.88. The molecule has 2 aromatic carbocycles. The molecule has 110 valence electrons. The van der Waals surface area contributed by atoms with Gasteiger partial charge in [0, 0.05) is 10.5 Å². The highest BCUT2D eigenvalue weighted by Gasteiger charge is 2.20. The zero-order chi connectivity index (χ0) is 15.0. The molecular weight excluding hydrogens is 358 g/mol. The van der Waals surface area contributed by atoms with Gasteiger partial charge in [-0.15, -0.1) is 0 Å². The van der Waals surface area contributed by atoms with Crippen LogP contribution in [0.4, 0.5) is 5.69 Å². The van der Waals surface area contributed by atoms with E-state index >= 15 is 0 Å². The van der Waals surface area contributed by atoms with Crippen LogP contribution in [0.5, 0.6) is 11.5 Å². The number of sulfonamides is 1. The molecule has 0 saturated carbocycles. The Balaban J connectivity index is 1.93. The number of halogens is 1. The van der Waals surface area contributed by atoms with Gasteiger partial charge in [0.05, 0.1) is 10.6 Å². The number of fused-ring (bicyclic) bond motifs is 1. The van der Waals surface area contributed by atoms with Crippen molar-refractivity contribution < 1.29 is 17.9 Å². The molecule has 7 heteroatoms. The van der Waals surface area contributed by atoms with Crippen molar-refractivity contribution in [1.82, 2.24) is 0 Å². The normalized spacial score (nSPS) is 13.2. The Kier molecular flexibility index (Phi) is 3.54. The molecule has 0 saturated heterocycles. The highest BCUT2D eigenvalue weighted by molar-refractivity contribution is 9.10. The van der Waals surface area contributed by atoms with Gasteiger partial charge in [-0.3, -0.25) is 4.72 Å². The van der Waals surface area contributed by atoms with E-state index in [9.17, 15) is 8.42 Å². The Morgan fingerprint density at radius 2 is 1.86 bits per heavy atom. The second-order valence-electron chi connectivity index (χ2n) is 4.58. The van der Waals surface area contributed by atoms with E-state index in [1.807, 2.05) is 13.0 Å². The first-order chi connectivity index (χ1) is 9.95. The Labute approximate surface area is 131 Å². The molecule has 1 aliphatic rings. The average Bonchev–Trinajstić information content (AvgIpc) is 2.89. The molecule has 0 atom stereocenters. The molecule has 0 unspecified atom stereocenters. The first-order valence-corrected chi connectivity index (χ1v) is 8.42. The lowest BCUT2D eigenvalue weighted by Gasteiger charge is -2.11. The van der Waals surface area contributed by atoms with Crippen LogP contribution < -0.4 is 14.2 Å². The molecule has 2 aromatic rings. The van der Waals surface area contributed by atoms with Crippen molar-refractivity contribution in [3.8, 4) is 11.5 Å². The number of hydrogen-bond donors (Lipinski definition) is 1. The van der Waals surface area contributed by atoms with Gasteiger partial charge < -0.3 is 9.47 Å².